The van der Waals surface area contributed by atoms with Crippen LogP contribution in [0.3, 0.4) is 0 Å². The summed E-state index contributed by atoms with van der Waals surface area (Å²) < 4.78 is 46.9. The van der Waals surface area contributed by atoms with Crippen LogP contribution in [0.2, 0.25) is 0 Å². The minimum Gasteiger partial charge on any atom is -0.478 e. The number of alkyl halides is 2. The molecule has 3 N–H and O–H groups in total. The highest BCUT2D eigenvalue weighted by Gasteiger charge is 2.33. The molecule has 39 heavy (non-hydrogen) atoms. The van der Waals surface area contributed by atoms with Crippen LogP contribution >= 0.6 is 11.8 Å². The van der Waals surface area contributed by atoms with E-state index in [0.29, 0.717) is 13.0 Å². The van der Waals surface area contributed by atoms with Gasteiger partial charge in [0.1, 0.15) is 11.2 Å². The van der Waals surface area contributed by atoms with E-state index in [9.17, 15) is 23.1 Å². The van der Waals surface area contributed by atoms with E-state index in [4.69, 9.17) is 10.5 Å². The van der Waals surface area contributed by atoms with Crippen LogP contribution in [0.25, 0.3) is 0 Å². The van der Waals surface area contributed by atoms with Crippen molar-refractivity contribution >= 4 is 17.7 Å². The minimum atomic E-state index is -3.12. The summed E-state index contributed by atoms with van der Waals surface area (Å²) in [4.78, 5) is 13.4. The lowest BCUT2D eigenvalue weighted by Gasteiger charge is -2.33. The highest BCUT2D eigenvalue weighted by molar-refractivity contribution is 8.00. The highest BCUT2D eigenvalue weighted by atomic mass is 32.2. The van der Waals surface area contributed by atoms with Crippen molar-refractivity contribution in [1.29, 1.82) is 0 Å². The van der Waals surface area contributed by atoms with Crippen LogP contribution in [-0.4, -0.2) is 53.4 Å². The summed E-state index contributed by atoms with van der Waals surface area (Å²) in [6, 6.07) is 4.16. The number of carboxylic acids is 1. The van der Waals surface area contributed by atoms with Gasteiger partial charge in [0.05, 0.1) is 11.7 Å². The van der Waals surface area contributed by atoms with Gasteiger partial charge in [-0.1, -0.05) is 64.0 Å². The van der Waals surface area contributed by atoms with E-state index in [0.717, 1.165) is 42.6 Å². The van der Waals surface area contributed by atoms with E-state index in [1.165, 1.54) is 57.4 Å². The molecule has 1 aromatic rings. The first kappa shape index (κ1) is 35.1. The number of nitrogens with zero attached hydrogens (tertiary/aromatic N) is 1. The second-order valence-electron chi connectivity index (χ2n) is 9.79. The maximum absolute atomic E-state index is 14.4. The van der Waals surface area contributed by atoms with Gasteiger partial charge in [-0.05, 0) is 50.6 Å². The molecular formula is C30H47F3N2O3S. The van der Waals surface area contributed by atoms with Crippen LogP contribution < -0.4 is 5.73 Å². The van der Waals surface area contributed by atoms with Gasteiger partial charge in [0.15, 0.2) is 0 Å². The number of aliphatic carboxylic acids is 1. The topological polar surface area (TPSA) is 75.8 Å². The Labute approximate surface area is 237 Å². The van der Waals surface area contributed by atoms with Gasteiger partial charge in [-0.25, -0.2) is 18.0 Å². The fourth-order valence-corrected chi connectivity index (χ4v) is 5.34. The smallest absolute Gasteiger partial charge is 0.334 e. The molecule has 0 amide bonds. The molecule has 1 aromatic carbocycles. The average molecular weight is 573 g/mol. The third-order valence-electron chi connectivity index (χ3n) is 6.58. The van der Waals surface area contributed by atoms with Crippen LogP contribution in [-0.2, 0) is 15.5 Å². The first-order chi connectivity index (χ1) is 18.7. The molecule has 0 aromatic heterocycles. The summed E-state index contributed by atoms with van der Waals surface area (Å²) in [7, 11) is 1.60. The largest absolute Gasteiger partial charge is 0.478 e. The number of benzene rings is 1. The van der Waals surface area contributed by atoms with E-state index in [-0.39, 0.29) is 23.0 Å². The second-order valence-corrected chi connectivity index (χ2v) is 11.0. The zero-order valence-corrected chi connectivity index (χ0v) is 24.5. The maximum Gasteiger partial charge on any atom is 0.334 e. The Morgan fingerprint density at radius 2 is 1.74 bits per heavy atom. The second kappa shape index (κ2) is 20.0. The quantitative estimate of drug-likeness (QED) is 0.175. The van der Waals surface area contributed by atoms with E-state index in [2.05, 4.69) is 6.92 Å². The van der Waals surface area contributed by atoms with Gasteiger partial charge in [-0.2, -0.15) is 0 Å². The number of nitrogens with two attached hydrogens (primary N) is 1. The number of carbonyl (C=O) groups is 1. The van der Waals surface area contributed by atoms with Crippen molar-refractivity contribution in [3.05, 3.63) is 59.6 Å². The minimum absolute atomic E-state index is 0.000966. The molecule has 0 bridgehead atoms. The van der Waals surface area contributed by atoms with Crippen molar-refractivity contribution in [2.24, 2.45) is 5.73 Å². The van der Waals surface area contributed by atoms with Gasteiger partial charge in [-0.3, -0.25) is 0 Å². The van der Waals surface area contributed by atoms with Crippen LogP contribution in [0.5, 0.6) is 0 Å². The highest BCUT2D eigenvalue weighted by Crippen LogP contribution is 2.36. The van der Waals surface area contributed by atoms with E-state index in [1.807, 2.05) is 11.8 Å². The zero-order valence-electron chi connectivity index (χ0n) is 23.7. The van der Waals surface area contributed by atoms with Gasteiger partial charge in [0.25, 0.3) is 5.92 Å². The molecule has 1 aliphatic rings. The molecule has 222 valence electrons. The fourth-order valence-electron chi connectivity index (χ4n) is 4.01. The van der Waals surface area contributed by atoms with Crippen molar-refractivity contribution in [3.63, 3.8) is 0 Å². The molecular weight excluding hydrogens is 525 g/mol. The Morgan fingerprint density at radius 3 is 2.31 bits per heavy atom. The standard InChI is InChI=1S/C20H24F3NO3S.C10H23N/c1-14(27-2)9-12-24-11-3-4-17(19(25)26)18(24)28-13-10-20(22,23)15-5-7-16(21)8-6-15;1-2-3-4-5-6-7-8-9-10-11/h3-8,11,14,18H,9-10,12-13H2,1-2H3,(H,25,26);2-11H2,1H3. The number of carboxylic acid groups (broad SMARTS) is 1. The summed E-state index contributed by atoms with van der Waals surface area (Å²) in [6.45, 7) is 5.58. The molecule has 2 atom stereocenters. The van der Waals surface area contributed by atoms with Crippen molar-refractivity contribution < 1.29 is 27.8 Å². The molecule has 9 heteroatoms. The summed E-state index contributed by atoms with van der Waals surface area (Å²) in [6.07, 6.45) is 16.1. The number of ether oxygens (including phenoxy) is 1. The van der Waals surface area contributed by atoms with Crippen molar-refractivity contribution in [2.45, 2.75) is 95.5 Å². The predicted octanol–water partition coefficient (Wildman–Crippen LogP) is 7.72. The Kier molecular flexibility index (Phi) is 18.0. The molecule has 1 heterocycles. The summed E-state index contributed by atoms with van der Waals surface area (Å²) in [5, 5.41) is 8.90. The fraction of sp³-hybridized carbons (Fsp3) is 0.633. The monoisotopic (exact) mass is 572 g/mol. The number of thioether (sulfide) groups is 1. The number of rotatable bonds is 18. The number of hydrogen-bond donors (Lipinski definition) is 2. The zero-order chi connectivity index (χ0) is 29.1. The van der Waals surface area contributed by atoms with Crippen molar-refractivity contribution in [1.82, 2.24) is 4.90 Å². The maximum atomic E-state index is 14.4. The Balaban J connectivity index is 0.000000584. The van der Waals surface area contributed by atoms with Gasteiger partial charge in [0.2, 0.25) is 0 Å². The van der Waals surface area contributed by atoms with E-state index < -0.39 is 29.5 Å². The Morgan fingerprint density at radius 1 is 1.13 bits per heavy atom. The van der Waals surface area contributed by atoms with Crippen molar-refractivity contribution in [3.8, 4) is 0 Å². The lowest BCUT2D eigenvalue weighted by molar-refractivity contribution is -0.133. The Bertz CT molecular complexity index is 858. The molecule has 2 rings (SSSR count). The van der Waals surface area contributed by atoms with Gasteiger partial charge in [-0.15, -0.1) is 11.8 Å². The molecule has 0 saturated carbocycles. The number of allylic oxidation sites excluding steroid dienone is 2. The normalized spacial score (nSPS) is 15.9. The number of methoxy groups -OCH3 is 1. The third kappa shape index (κ3) is 14.3. The van der Waals surface area contributed by atoms with Gasteiger partial charge >= 0.3 is 5.97 Å². The molecule has 5 nitrogen and oxygen atoms in total. The van der Waals surface area contributed by atoms with Crippen LogP contribution in [0.1, 0.15) is 83.6 Å². The van der Waals surface area contributed by atoms with Gasteiger partial charge in [0, 0.05) is 37.6 Å². The average Bonchev–Trinajstić information content (AvgIpc) is 2.92. The molecule has 2 unspecified atom stereocenters. The third-order valence-corrected chi connectivity index (χ3v) is 7.86. The first-order valence-electron chi connectivity index (χ1n) is 14.0. The molecule has 1 aliphatic heterocycles. The van der Waals surface area contributed by atoms with Crippen LogP contribution in [0.15, 0.2) is 48.2 Å². The number of halogens is 3. The molecule has 0 saturated heterocycles. The van der Waals surface area contributed by atoms with Crippen molar-refractivity contribution in [2.75, 3.05) is 26.0 Å². The molecule has 0 fully saturated rings. The molecule has 0 radical (unpaired) electrons. The summed E-state index contributed by atoms with van der Waals surface area (Å²) in [5.74, 6) is -4.71. The lowest BCUT2D eigenvalue weighted by Crippen LogP contribution is -2.36. The molecule has 0 aliphatic carbocycles. The van der Waals surface area contributed by atoms with Crippen LogP contribution in [0.4, 0.5) is 13.2 Å². The SMILES string of the molecule is CCCCCCCCCCN.COC(C)CCN1C=CC=C(C(=O)O)C1SCCC(F)(F)c1ccc(F)cc1. The van der Waals surface area contributed by atoms with Crippen LogP contribution in [0, 0.1) is 5.82 Å². The lowest BCUT2D eigenvalue weighted by atomic mass is 10.1. The Hall–Kier alpha value is -1.97. The first-order valence-corrected chi connectivity index (χ1v) is 15.1. The van der Waals surface area contributed by atoms with E-state index in [1.54, 1.807) is 19.4 Å². The number of hydrogen-bond acceptors (Lipinski definition) is 5. The predicted molar refractivity (Wildman–Crippen MR) is 155 cm³/mol. The van der Waals surface area contributed by atoms with E-state index >= 15 is 0 Å². The van der Waals surface area contributed by atoms with Gasteiger partial charge < -0.3 is 20.5 Å². The summed E-state index contributed by atoms with van der Waals surface area (Å²) in [5.41, 5.74) is 5.29. The summed E-state index contributed by atoms with van der Waals surface area (Å²) >= 11 is 1.16. The molecule has 0 spiro atoms. The number of unbranched alkanes of at least 4 members (excludes halogenated alkanes) is 7.